The Bertz CT molecular complexity index is 972. The largest absolute Gasteiger partial charge is 0.421 e. The maximum absolute atomic E-state index is 13.5. The molecule has 180 valence electrons. The van der Waals surface area contributed by atoms with Gasteiger partial charge in [0, 0.05) is 49.7 Å². The van der Waals surface area contributed by atoms with Crippen LogP contribution in [0.4, 0.5) is 38.1 Å². The number of rotatable bonds is 6. The lowest BCUT2D eigenvalue weighted by atomic mass is 9.85. The summed E-state index contributed by atoms with van der Waals surface area (Å²) in [6, 6.07) is 0.470. The summed E-state index contributed by atoms with van der Waals surface area (Å²) in [5, 5.41) is 7.87. The van der Waals surface area contributed by atoms with Crippen LogP contribution >= 0.6 is 0 Å². The highest BCUT2D eigenvalue weighted by atomic mass is 19.4. The van der Waals surface area contributed by atoms with E-state index in [1.807, 2.05) is 0 Å². The number of halogens is 6. The van der Waals surface area contributed by atoms with Gasteiger partial charge in [-0.25, -0.2) is 4.98 Å². The molecule has 1 amide bonds. The summed E-state index contributed by atoms with van der Waals surface area (Å²) in [5.41, 5.74) is -2.20. The van der Waals surface area contributed by atoms with Crippen LogP contribution in [-0.4, -0.2) is 33.9 Å². The molecule has 1 fully saturated rings. The van der Waals surface area contributed by atoms with Crippen LogP contribution in [0.2, 0.25) is 0 Å². The number of aromatic nitrogens is 3. The molecule has 2 heterocycles. The Labute approximate surface area is 185 Å². The molecule has 0 aliphatic heterocycles. The minimum absolute atomic E-state index is 0.105. The zero-order chi connectivity index (χ0) is 24.2. The van der Waals surface area contributed by atoms with E-state index in [9.17, 15) is 31.1 Å². The van der Waals surface area contributed by atoms with Crippen LogP contribution in [0.3, 0.4) is 0 Å². The van der Waals surface area contributed by atoms with Gasteiger partial charge < -0.3 is 16.0 Å². The second-order valence-electron chi connectivity index (χ2n) is 7.64. The lowest BCUT2D eigenvalue weighted by Gasteiger charge is -2.29. The summed E-state index contributed by atoms with van der Waals surface area (Å²) in [7, 11) is 1.53. The predicted octanol–water partition coefficient (Wildman–Crippen LogP) is 4.24. The number of pyridine rings is 1. The molecular formula is C20H22F6N6O. The van der Waals surface area contributed by atoms with Crippen molar-refractivity contribution in [3.63, 3.8) is 0 Å². The van der Waals surface area contributed by atoms with Gasteiger partial charge in [-0.2, -0.15) is 31.3 Å². The Kier molecular flexibility index (Phi) is 7.28. The third kappa shape index (κ3) is 6.23. The van der Waals surface area contributed by atoms with Crippen LogP contribution < -0.4 is 16.0 Å². The molecule has 0 unspecified atom stereocenters. The van der Waals surface area contributed by atoms with Crippen molar-refractivity contribution in [2.45, 2.75) is 50.6 Å². The first-order valence-electron chi connectivity index (χ1n) is 10.2. The van der Waals surface area contributed by atoms with E-state index < -0.39 is 29.3 Å². The Morgan fingerprint density at radius 2 is 1.70 bits per heavy atom. The van der Waals surface area contributed by atoms with E-state index >= 15 is 0 Å². The monoisotopic (exact) mass is 476 g/mol. The molecule has 33 heavy (non-hydrogen) atoms. The lowest BCUT2D eigenvalue weighted by molar-refractivity contribution is -0.138. The number of nitrogens with one attached hydrogen (secondary N) is 3. The van der Waals surface area contributed by atoms with E-state index in [1.54, 1.807) is 0 Å². The average molecular weight is 476 g/mol. The molecule has 0 bridgehead atoms. The van der Waals surface area contributed by atoms with Crippen LogP contribution in [0.25, 0.3) is 0 Å². The molecule has 1 aliphatic carbocycles. The van der Waals surface area contributed by atoms with Gasteiger partial charge in [0.05, 0.1) is 5.56 Å². The zero-order valence-electron chi connectivity index (χ0n) is 17.5. The highest BCUT2D eigenvalue weighted by Crippen LogP contribution is 2.36. The van der Waals surface area contributed by atoms with E-state index in [2.05, 4.69) is 30.9 Å². The Balaban J connectivity index is 1.76. The highest BCUT2D eigenvalue weighted by molar-refractivity contribution is 5.78. The molecule has 2 aromatic heterocycles. The van der Waals surface area contributed by atoms with Crippen LogP contribution in [0.1, 0.15) is 42.4 Å². The quantitative estimate of drug-likeness (QED) is 0.541. The first-order valence-corrected chi connectivity index (χ1v) is 10.2. The Morgan fingerprint density at radius 3 is 2.30 bits per heavy atom. The van der Waals surface area contributed by atoms with Gasteiger partial charge in [-0.3, -0.25) is 9.78 Å². The third-order valence-corrected chi connectivity index (χ3v) is 5.43. The van der Waals surface area contributed by atoms with E-state index in [-0.39, 0.29) is 35.9 Å². The van der Waals surface area contributed by atoms with Crippen molar-refractivity contribution in [3.8, 4) is 0 Å². The Morgan fingerprint density at radius 1 is 1.03 bits per heavy atom. The minimum Gasteiger partial charge on any atom is -0.367 e. The molecule has 3 rings (SSSR count). The number of carbonyl (C=O) groups excluding carboxylic acids is 1. The predicted molar refractivity (Wildman–Crippen MR) is 107 cm³/mol. The van der Waals surface area contributed by atoms with Crippen molar-refractivity contribution in [2.24, 2.45) is 5.92 Å². The maximum atomic E-state index is 13.5. The van der Waals surface area contributed by atoms with E-state index in [4.69, 9.17) is 0 Å². The molecular weight excluding hydrogens is 454 g/mol. The summed E-state index contributed by atoms with van der Waals surface area (Å²) in [6.45, 7) is -0.384. The van der Waals surface area contributed by atoms with Crippen molar-refractivity contribution in [1.29, 1.82) is 0 Å². The summed E-state index contributed by atoms with van der Waals surface area (Å²) >= 11 is 0. The fourth-order valence-electron chi connectivity index (χ4n) is 3.70. The SMILES string of the molecule is CNC(=O)C1CCC(Nc2nc(NCc3cnccc3C(F)(F)F)ncc2C(F)(F)F)CC1. The van der Waals surface area contributed by atoms with E-state index in [1.165, 1.54) is 7.05 Å². The van der Waals surface area contributed by atoms with Crippen LogP contribution in [0.5, 0.6) is 0 Å². The van der Waals surface area contributed by atoms with Gasteiger partial charge in [-0.05, 0) is 31.7 Å². The second-order valence-corrected chi connectivity index (χ2v) is 7.64. The molecule has 13 heteroatoms. The van der Waals surface area contributed by atoms with Crippen molar-refractivity contribution < 1.29 is 31.1 Å². The molecule has 0 aromatic carbocycles. The molecule has 7 nitrogen and oxygen atoms in total. The zero-order valence-corrected chi connectivity index (χ0v) is 17.5. The Hall–Kier alpha value is -3.12. The molecule has 3 N–H and O–H groups in total. The van der Waals surface area contributed by atoms with Gasteiger partial charge in [0.1, 0.15) is 11.4 Å². The molecule has 1 aliphatic rings. The van der Waals surface area contributed by atoms with Crippen molar-refractivity contribution >= 4 is 17.7 Å². The molecule has 2 aromatic rings. The number of anilines is 2. The van der Waals surface area contributed by atoms with Crippen molar-refractivity contribution in [2.75, 3.05) is 17.7 Å². The minimum atomic E-state index is -4.73. The number of carbonyl (C=O) groups is 1. The number of nitrogens with zero attached hydrogens (tertiary/aromatic N) is 3. The number of amides is 1. The van der Waals surface area contributed by atoms with Gasteiger partial charge in [0.25, 0.3) is 0 Å². The van der Waals surface area contributed by atoms with Gasteiger partial charge in [-0.15, -0.1) is 0 Å². The summed E-state index contributed by atoms with van der Waals surface area (Å²) in [5.74, 6) is -1.03. The first kappa shape index (κ1) is 24.5. The first-order chi connectivity index (χ1) is 15.5. The standard InChI is InChI=1S/C20H22F6N6O/c1-27-17(33)11-2-4-13(5-3-11)31-16-15(20(24,25)26)10-30-18(32-16)29-9-12-8-28-7-6-14(12)19(21,22)23/h6-8,10-11,13H,2-5,9H2,1H3,(H,27,33)(H2,29,30,31,32). The normalized spacial score (nSPS) is 19.1. The van der Waals surface area contributed by atoms with Crippen LogP contribution in [0.15, 0.2) is 24.7 Å². The summed E-state index contributed by atoms with van der Waals surface area (Å²) in [4.78, 5) is 22.9. The summed E-state index contributed by atoms with van der Waals surface area (Å²) in [6.07, 6.45) is -4.78. The molecule has 1 saturated carbocycles. The topological polar surface area (TPSA) is 91.8 Å². The molecule has 0 atom stereocenters. The molecule has 0 radical (unpaired) electrons. The van der Waals surface area contributed by atoms with Gasteiger partial charge in [0.2, 0.25) is 11.9 Å². The van der Waals surface area contributed by atoms with Gasteiger partial charge in [-0.1, -0.05) is 0 Å². The second kappa shape index (κ2) is 9.79. The average Bonchev–Trinajstić information content (AvgIpc) is 2.76. The maximum Gasteiger partial charge on any atom is 0.421 e. The fourth-order valence-corrected chi connectivity index (χ4v) is 3.70. The molecule has 0 saturated heterocycles. The van der Waals surface area contributed by atoms with Crippen molar-refractivity contribution in [3.05, 3.63) is 41.3 Å². The molecule has 0 spiro atoms. The number of hydrogen-bond donors (Lipinski definition) is 3. The highest BCUT2D eigenvalue weighted by Gasteiger charge is 2.37. The third-order valence-electron chi connectivity index (χ3n) is 5.43. The van der Waals surface area contributed by atoms with E-state index in [0.29, 0.717) is 31.9 Å². The van der Waals surface area contributed by atoms with Crippen LogP contribution in [0, 0.1) is 5.92 Å². The lowest BCUT2D eigenvalue weighted by Crippen LogP contribution is -2.34. The van der Waals surface area contributed by atoms with E-state index in [0.717, 1.165) is 18.5 Å². The summed E-state index contributed by atoms with van der Waals surface area (Å²) < 4.78 is 79.8. The van der Waals surface area contributed by atoms with Gasteiger partial charge in [0.15, 0.2) is 0 Å². The smallest absolute Gasteiger partial charge is 0.367 e. The number of hydrogen-bond acceptors (Lipinski definition) is 6. The van der Waals surface area contributed by atoms with Gasteiger partial charge >= 0.3 is 12.4 Å². The van der Waals surface area contributed by atoms with Crippen molar-refractivity contribution in [1.82, 2.24) is 20.3 Å². The fraction of sp³-hybridized carbons (Fsp3) is 0.500. The van der Waals surface area contributed by atoms with Crippen LogP contribution in [-0.2, 0) is 23.7 Å². The number of alkyl halides is 6.